The van der Waals surface area contributed by atoms with Gasteiger partial charge < -0.3 is 10.6 Å². The van der Waals surface area contributed by atoms with Crippen LogP contribution in [0.15, 0.2) is 18.2 Å². The summed E-state index contributed by atoms with van der Waals surface area (Å²) in [4.78, 5) is 10.6. The average Bonchev–Trinajstić information content (AvgIpc) is 2.45. The maximum Gasteiger partial charge on any atom is 0.309 e. The van der Waals surface area contributed by atoms with Crippen molar-refractivity contribution < 1.29 is 4.92 Å². The Bertz CT molecular complexity index is 504. The molecule has 0 aliphatic carbocycles. The Labute approximate surface area is 111 Å². The van der Waals surface area contributed by atoms with Crippen LogP contribution in [-0.4, -0.2) is 24.6 Å². The van der Waals surface area contributed by atoms with E-state index in [0.29, 0.717) is 18.2 Å². The van der Waals surface area contributed by atoms with Gasteiger partial charge in [0.2, 0.25) is 0 Å². The molecule has 0 bridgehead atoms. The minimum absolute atomic E-state index is 0.0975. The number of nitro groups is 1. The summed E-state index contributed by atoms with van der Waals surface area (Å²) in [7, 11) is 0. The normalized spacial score (nSPS) is 15.7. The molecule has 0 atom stereocenters. The highest BCUT2D eigenvalue weighted by Gasteiger charge is 2.20. The van der Waals surface area contributed by atoms with E-state index in [-0.39, 0.29) is 11.3 Å². The Morgan fingerprint density at radius 3 is 2.84 bits per heavy atom. The monoisotopic (exact) mass is 260 g/mol. The lowest BCUT2D eigenvalue weighted by molar-refractivity contribution is -0.384. The lowest BCUT2D eigenvalue weighted by Gasteiger charge is -2.23. The lowest BCUT2D eigenvalue weighted by atomic mass is 9.98. The Balaban J connectivity index is 2.11. The van der Waals surface area contributed by atoms with Gasteiger partial charge in [-0.25, -0.2) is 0 Å². The molecule has 1 fully saturated rings. The highest BCUT2D eigenvalue weighted by Crippen LogP contribution is 2.28. The van der Waals surface area contributed by atoms with Gasteiger partial charge in [-0.1, -0.05) is 6.07 Å². The molecule has 6 heteroatoms. The third kappa shape index (κ3) is 3.20. The van der Waals surface area contributed by atoms with Crippen molar-refractivity contribution in [3.8, 4) is 6.07 Å². The van der Waals surface area contributed by atoms with Gasteiger partial charge in [0.05, 0.1) is 4.92 Å². The summed E-state index contributed by atoms with van der Waals surface area (Å²) in [6, 6.07) is 6.65. The van der Waals surface area contributed by atoms with Crippen LogP contribution in [0, 0.1) is 27.4 Å². The van der Waals surface area contributed by atoms with Gasteiger partial charge in [0.25, 0.3) is 0 Å². The van der Waals surface area contributed by atoms with Gasteiger partial charge in [0, 0.05) is 6.54 Å². The van der Waals surface area contributed by atoms with E-state index in [4.69, 9.17) is 5.26 Å². The molecule has 0 unspecified atom stereocenters. The van der Waals surface area contributed by atoms with Crippen molar-refractivity contribution in [2.24, 2.45) is 5.92 Å². The first-order chi connectivity index (χ1) is 9.22. The number of anilines is 1. The van der Waals surface area contributed by atoms with E-state index in [0.717, 1.165) is 25.9 Å². The van der Waals surface area contributed by atoms with Gasteiger partial charge in [-0.15, -0.1) is 0 Å². The number of piperidine rings is 1. The van der Waals surface area contributed by atoms with Crippen LogP contribution in [0.5, 0.6) is 0 Å². The fourth-order valence-electron chi connectivity index (χ4n) is 2.31. The van der Waals surface area contributed by atoms with E-state index < -0.39 is 4.92 Å². The van der Waals surface area contributed by atoms with Crippen molar-refractivity contribution in [1.29, 1.82) is 5.26 Å². The third-order valence-corrected chi connectivity index (χ3v) is 3.38. The predicted molar refractivity (Wildman–Crippen MR) is 71.9 cm³/mol. The standard InChI is InChI=1S/C13H16N4O2/c14-8-11-2-1-3-12(13(11)17(18)19)16-9-10-4-6-15-7-5-10/h1-3,10,15-16H,4-7,9H2. The Morgan fingerprint density at radius 2 is 2.21 bits per heavy atom. The van der Waals surface area contributed by atoms with Crippen molar-refractivity contribution in [2.45, 2.75) is 12.8 Å². The fraction of sp³-hybridized carbons (Fsp3) is 0.462. The van der Waals surface area contributed by atoms with Crippen LogP contribution in [-0.2, 0) is 0 Å². The number of benzene rings is 1. The maximum absolute atomic E-state index is 11.1. The first kappa shape index (κ1) is 13.3. The molecule has 0 radical (unpaired) electrons. The smallest absolute Gasteiger partial charge is 0.309 e. The predicted octanol–water partition coefficient (Wildman–Crippen LogP) is 1.88. The van der Waals surface area contributed by atoms with Gasteiger partial charge in [-0.05, 0) is 44.0 Å². The van der Waals surface area contributed by atoms with Gasteiger partial charge in [0.1, 0.15) is 17.3 Å². The van der Waals surface area contributed by atoms with Gasteiger partial charge in [-0.2, -0.15) is 5.26 Å². The second kappa shape index (κ2) is 6.16. The zero-order valence-electron chi connectivity index (χ0n) is 10.6. The van der Waals surface area contributed by atoms with Crippen LogP contribution < -0.4 is 10.6 Å². The Kier molecular flexibility index (Phi) is 4.31. The van der Waals surface area contributed by atoms with Crippen molar-refractivity contribution in [3.63, 3.8) is 0 Å². The molecule has 1 aliphatic heterocycles. The quantitative estimate of drug-likeness (QED) is 0.637. The topological polar surface area (TPSA) is 91.0 Å². The molecule has 0 amide bonds. The number of nitrogens with zero attached hydrogens (tertiary/aromatic N) is 2. The van der Waals surface area contributed by atoms with Crippen molar-refractivity contribution in [3.05, 3.63) is 33.9 Å². The second-order valence-electron chi connectivity index (χ2n) is 4.64. The molecule has 0 aromatic heterocycles. The summed E-state index contributed by atoms with van der Waals surface area (Å²) in [5, 5.41) is 26.4. The van der Waals surface area contributed by atoms with Crippen LogP contribution in [0.1, 0.15) is 18.4 Å². The van der Waals surface area contributed by atoms with Crippen LogP contribution in [0.2, 0.25) is 0 Å². The molecule has 100 valence electrons. The molecule has 1 aromatic carbocycles. The maximum atomic E-state index is 11.1. The molecule has 0 saturated carbocycles. The molecular formula is C13H16N4O2. The molecule has 0 spiro atoms. The molecule has 1 aliphatic rings. The summed E-state index contributed by atoms with van der Waals surface area (Å²) in [5.74, 6) is 0.520. The third-order valence-electron chi connectivity index (χ3n) is 3.38. The minimum atomic E-state index is -0.497. The highest BCUT2D eigenvalue weighted by atomic mass is 16.6. The summed E-state index contributed by atoms with van der Waals surface area (Å²) in [6.07, 6.45) is 2.14. The average molecular weight is 260 g/mol. The van der Waals surface area contributed by atoms with Crippen molar-refractivity contribution in [1.82, 2.24) is 5.32 Å². The number of nitrogens with one attached hydrogen (secondary N) is 2. The second-order valence-corrected chi connectivity index (χ2v) is 4.64. The molecule has 19 heavy (non-hydrogen) atoms. The zero-order chi connectivity index (χ0) is 13.7. The van der Waals surface area contributed by atoms with E-state index in [9.17, 15) is 10.1 Å². The van der Waals surface area contributed by atoms with E-state index in [1.54, 1.807) is 12.1 Å². The first-order valence-corrected chi connectivity index (χ1v) is 6.34. The number of hydrogen-bond acceptors (Lipinski definition) is 5. The molecule has 1 aromatic rings. The molecule has 6 nitrogen and oxygen atoms in total. The van der Waals surface area contributed by atoms with Crippen molar-refractivity contribution in [2.75, 3.05) is 25.0 Å². The zero-order valence-corrected chi connectivity index (χ0v) is 10.6. The summed E-state index contributed by atoms with van der Waals surface area (Å²) >= 11 is 0. The van der Waals surface area contributed by atoms with Crippen molar-refractivity contribution >= 4 is 11.4 Å². The molecular weight excluding hydrogens is 244 g/mol. The van der Waals surface area contributed by atoms with E-state index in [1.807, 2.05) is 6.07 Å². The number of nitriles is 1. The number of hydrogen-bond donors (Lipinski definition) is 2. The van der Waals surface area contributed by atoms with E-state index >= 15 is 0 Å². The summed E-state index contributed by atoms with van der Waals surface area (Å²) in [5.41, 5.74) is 0.404. The first-order valence-electron chi connectivity index (χ1n) is 6.34. The summed E-state index contributed by atoms with van der Waals surface area (Å²) < 4.78 is 0. The molecule has 1 heterocycles. The Hall–Kier alpha value is -2.13. The SMILES string of the molecule is N#Cc1cccc(NCC2CCNCC2)c1[N+](=O)[O-]. The van der Waals surface area contributed by atoms with Crippen LogP contribution in [0.3, 0.4) is 0 Å². The van der Waals surface area contributed by atoms with Crippen LogP contribution in [0.4, 0.5) is 11.4 Å². The highest BCUT2D eigenvalue weighted by molar-refractivity contribution is 5.68. The molecule has 2 N–H and O–H groups in total. The number of para-hydroxylation sites is 1. The molecule has 2 rings (SSSR count). The lowest BCUT2D eigenvalue weighted by Crippen LogP contribution is -2.31. The fourth-order valence-corrected chi connectivity index (χ4v) is 2.31. The van der Waals surface area contributed by atoms with E-state index in [1.165, 1.54) is 6.07 Å². The minimum Gasteiger partial charge on any atom is -0.379 e. The van der Waals surface area contributed by atoms with Gasteiger partial charge in [0.15, 0.2) is 0 Å². The largest absolute Gasteiger partial charge is 0.379 e. The van der Waals surface area contributed by atoms with Gasteiger partial charge in [-0.3, -0.25) is 10.1 Å². The van der Waals surface area contributed by atoms with Gasteiger partial charge >= 0.3 is 5.69 Å². The number of rotatable bonds is 4. The van der Waals surface area contributed by atoms with E-state index in [2.05, 4.69) is 10.6 Å². The Morgan fingerprint density at radius 1 is 1.47 bits per heavy atom. The van der Waals surface area contributed by atoms with Crippen LogP contribution >= 0.6 is 0 Å². The van der Waals surface area contributed by atoms with Crippen LogP contribution in [0.25, 0.3) is 0 Å². The number of nitro benzene ring substituents is 1. The summed E-state index contributed by atoms with van der Waals surface area (Å²) in [6.45, 7) is 2.69. The molecule has 1 saturated heterocycles.